The van der Waals surface area contributed by atoms with Gasteiger partial charge >= 0.3 is 0 Å². The maximum atomic E-state index is 12.4. The minimum atomic E-state index is -0.183. The van der Waals surface area contributed by atoms with Crippen LogP contribution in [0.1, 0.15) is 31.8 Å². The maximum Gasteiger partial charge on any atom is 0.255 e. The van der Waals surface area contributed by atoms with Crippen LogP contribution in [0.2, 0.25) is 0 Å². The summed E-state index contributed by atoms with van der Waals surface area (Å²) in [6.07, 6.45) is 0. The first-order chi connectivity index (χ1) is 11.9. The molecule has 0 aliphatic carbocycles. The molecule has 5 heteroatoms. The molecule has 0 heterocycles. The van der Waals surface area contributed by atoms with Gasteiger partial charge in [0.2, 0.25) is 0 Å². The minimum Gasteiger partial charge on any atom is -0.351 e. The number of carbonyl (C=O) groups is 2. The average molecular weight is 339 g/mol. The van der Waals surface area contributed by atoms with Crippen molar-refractivity contribution in [3.63, 3.8) is 0 Å². The molecule has 0 aliphatic rings. The molecule has 25 heavy (non-hydrogen) atoms. The van der Waals surface area contributed by atoms with Crippen LogP contribution in [0.15, 0.2) is 42.5 Å². The molecule has 132 valence electrons. The highest BCUT2D eigenvalue weighted by molar-refractivity contribution is 6.05. The highest BCUT2D eigenvalue weighted by Gasteiger charge is 2.11. The predicted octanol–water partition coefficient (Wildman–Crippen LogP) is 2.85. The molecule has 0 unspecified atom stereocenters. The first-order valence-corrected chi connectivity index (χ1v) is 8.29. The summed E-state index contributed by atoms with van der Waals surface area (Å²) in [6.45, 7) is 5.29. The molecular formula is C20H25N3O2. The number of nitrogens with one attached hydrogen (secondary N) is 2. The Morgan fingerprint density at radius 1 is 0.880 bits per heavy atom. The van der Waals surface area contributed by atoms with Gasteiger partial charge in [-0.15, -0.1) is 0 Å². The van der Waals surface area contributed by atoms with Crippen molar-refractivity contribution in [1.82, 2.24) is 10.2 Å². The SMILES string of the molecule is Cc1cccc(C)c1NC(=O)c1ccc(C(=O)NCCN(C)C)cc1. The standard InChI is InChI=1S/C20H25N3O2/c1-14-6-5-7-15(2)18(14)22-20(25)17-10-8-16(9-11-17)19(24)21-12-13-23(3)4/h5-11H,12-13H2,1-4H3,(H,21,24)(H,22,25). The molecule has 2 rings (SSSR count). The van der Waals surface area contributed by atoms with Gasteiger partial charge in [-0.3, -0.25) is 9.59 Å². The van der Waals surface area contributed by atoms with Crippen LogP contribution in [-0.2, 0) is 0 Å². The Morgan fingerprint density at radius 2 is 1.40 bits per heavy atom. The minimum absolute atomic E-state index is 0.136. The Balaban J connectivity index is 2.01. The lowest BCUT2D eigenvalue weighted by Gasteiger charge is -2.12. The van der Waals surface area contributed by atoms with E-state index in [2.05, 4.69) is 10.6 Å². The van der Waals surface area contributed by atoms with E-state index in [0.717, 1.165) is 23.4 Å². The quantitative estimate of drug-likeness (QED) is 0.851. The van der Waals surface area contributed by atoms with Gasteiger partial charge in [-0.1, -0.05) is 18.2 Å². The number of aryl methyl sites for hydroxylation is 2. The van der Waals surface area contributed by atoms with Crippen LogP contribution in [0.25, 0.3) is 0 Å². The summed E-state index contributed by atoms with van der Waals surface area (Å²) in [5.41, 5.74) is 3.93. The van der Waals surface area contributed by atoms with E-state index in [1.807, 2.05) is 51.0 Å². The van der Waals surface area contributed by atoms with Crippen LogP contribution in [0.4, 0.5) is 5.69 Å². The monoisotopic (exact) mass is 339 g/mol. The molecule has 2 amide bonds. The largest absolute Gasteiger partial charge is 0.351 e. The van der Waals surface area contributed by atoms with Crippen molar-refractivity contribution in [1.29, 1.82) is 0 Å². The summed E-state index contributed by atoms with van der Waals surface area (Å²) < 4.78 is 0. The molecular weight excluding hydrogens is 314 g/mol. The van der Waals surface area contributed by atoms with Crippen molar-refractivity contribution in [2.45, 2.75) is 13.8 Å². The Bertz CT molecular complexity index is 732. The van der Waals surface area contributed by atoms with Gasteiger partial charge in [0, 0.05) is 29.9 Å². The number of benzene rings is 2. The highest BCUT2D eigenvalue weighted by Crippen LogP contribution is 2.20. The fraction of sp³-hybridized carbons (Fsp3) is 0.300. The van der Waals surface area contributed by atoms with E-state index in [0.29, 0.717) is 17.7 Å². The number of hydrogen-bond acceptors (Lipinski definition) is 3. The van der Waals surface area contributed by atoms with Gasteiger partial charge in [0.25, 0.3) is 11.8 Å². The number of hydrogen-bond donors (Lipinski definition) is 2. The normalized spacial score (nSPS) is 10.6. The van der Waals surface area contributed by atoms with Crippen molar-refractivity contribution >= 4 is 17.5 Å². The van der Waals surface area contributed by atoms with Crippen LogP contribution in [0, 0.1) is 13.8 Å². The molecule has 0 fully saturated rings. The van der Waals surface area contributed by atoms with Crippen molar-refractivity contribution in [2.75, 3.05) is 32.5 Å². The van der Waals surface area contributed by atoms with Gasteiger partial charge in [-0.2, -0.15) is 0 Å². The molecule has 0 saturated carbocycles. The van der Waals surface area contributed by atoms with Crippen LogP contribution in [-0.4, -0.2) is 43.9 Å². The van der Waals surface area contributed by atoms with Crippen LogP contribution in [0.5, 0.6) is 0 Å². The van der Waals surface area contributed by atoms with E-state index in [1.54, 1.807) is 24.3 Å². The second kappa shape index (κ2) is 8.44. The van der Waals surface area contributed by atoms with Crippen molar-refractivity contribution in [2.24, 2.45) is 0 Å². The van der Waals surface area contributed by atoms with Gasteiger partial charge in [0.05, 0.1) is 0 Å². The number of nitrogens with zero attached hydrogens (tertiary/aromatic N) is 1. The van der Waals surface area contributed by atoms with Gasteiger partial charge in [0.15, 0.2) is 0 Å². The van der Waals surface area contributed by atoms with Crippen molar-refractivity contribution in [3.8, 4) is 0 Å². The highest BCUT2D eigenvalue weighted by atomic mass is 16.2. The zero-order valence-corrected chi connectivity index (χ0v) is 15.2. The van der Waals surface area contributed by atoms with E-state index < -0.39 is 0 Å². The van der Waals surface area contributed by atoms with E-state index in [4.69, 9.17) is 0 Å². The first kappa shape index (κ1) is 18.7. The summed E-state index contributed by atoms with van der Waals surface area (Å²) in [4.78, 5) is 26.5. The molecule has 0 radical (unpaired) electrons. The summed E-state index contributed by atoms with van der Waals surface area (Å²) in [7, 11) is 3.91. The smallest absolute Gasteiger partial charge is 0.255 e. The lowest BCUT2D eigenvalue weighted by atomic mass is 10.1. The molecule has 0 atom stereocenters. The van der Waals surface area contributed by atoms with Crippen molar-refractivity contribution < 1.29 is 9.59 Å². The predicted molar refractivity (Wildman–Crippen MR) is 101 cm³/mol. The van der Waals surface area contributed by atoms with Gasteiger partial charge in [-0.05, 0) is 63.3 Å². The number of anilines is 1. The van der Waals surface area contributed by atoms with Crippen molar-refractivity contribution in [3.05, 3.63) is 64.7 Å². The summed E-state index contributed by atoms with van der Waals surface area (Å²) in [6, 6.07) is 12.6. The summed E-state index contributed by atoms with van der Waals surface area (Å²) >= 11 is 0. The Kier molecular flexibility index (Phi) is 6.31. The summed E-state index contributed by atoms with van der Waals surface area (Å²) in [5, 5.41) is 5.80. The lowest BCUT2D eigenvalue weighted by molar-refractivity contribution is 0.0949. The Hall–Kier alpha value is -2.66. The van der Waals surface area contributed by atoms with Gasteiger partial charge in [-0.25, -0.2) is 0 Å². The third kappa shape index (κ3) is 5.16. The molecule has 2 aromatic rings. The number of amides is 2. The molecule has 0 aliphatic heterocycles. The average Bonchev–Trinajstić information content (AvgIpc) is 2.58. The molecule has 5 nitrogen and oxygen atoms in total. The van der Waals surface area contributed by atoms with Crippen LogP contribution >= 0.6 is 0 Å². The molecule has 2 aromatic carbocycles. The zero-order valence-electron chi connectivity index (χ0n) is 15.2. The zero-order chi connectivity index (χ0) is 18.4. The molecule has 0 saturated heterocycles. The van der Waals surface area contributed by atoms with E-state index in [-0.39, 0.29) is 11.8 Å². The second-order valence-corrected chi connectivity index (χ2v) is 6.36. The number of rotatable bonds is 6. The third-order valence-corrected chi connectivity index (χ3v) is 3.97. The second-order valence-electron chi connectivity index (χ2n) is 6.36. The van der Waals surface area contributed by atoms with Gasteiger partial charge < -0.3 is 15.5 Å². The van der Waals surface area contributed by atoms with Gasteiger partial charge in [0.1, 0.15) is 0 Å². The Labute approximate surface area is 149 Å². The topological polar surface area (TPSA) is 61.4 Å². The number of para-hydroxylation sites is 1. The number of likely N-dealkylation sites (N-methyl/N-ethyl adjacent to an activating group) is 1. The molecule has 0 bridgehead atoms. The van der Waals surface area contributed by atoms with E-state index in [9.17, 15) is 9.59 Å². The molecule has 0 spiro atoms. The summed E-state index contributed by atoms with van der Waals surface area (Å²) in [5.74, 6) is -0.319. The molecule has 2 N–H and O–H groups in total. The fourth-order valence-electron chi connectivity index (χ4n) is 2.47. The molecule has 0 aromatic heterocycles. The van der Waals surface area contributed by atoms with Crippen LogP contribution in [0.3, 0.4) is 0 Å². The maximum absolute atomic E-state index is 12.4. The van der Waals surface area contributed by atoms with E-state index in [1.165, 1.54) is 0 Å². The number of carbonyl (C=O) groups excluding carboxylic acids is 2. The fourth-order valence-corrected chi connectivity index (χ4v) is 2.47. The van der Waals surface area contributed by atoms with E-state index >= 15 is 0 Å². The lowest BCUT2D eigenvalue weighted by Crippen LogP contribution is -2.31. The van der Waals surface area contributed by atoms with Crippen LogP contribution < -0.4 is 10.6 Å². The first-order valence-electron chi connectivity index (χ1n) is 8.29. The third-order valence-electron chi connectivity index (χ3n) is 3.97. The Morgan fingerprint density at radius 3 is 1.92 bits per heavy atom.